The number of hydrogen-bond donors (Lipinski definition) is 11. The third-order valence-electron chi connectivity index (χ3n) is 10.3. The zero-order valence-corrected chi connectivity index (χ0v) is 38.9. The molecule has 1 saturated heterocycles. The lowest BCUT2D eigenvalue weighted by Crippen LogP contribution is -2.56. The molecule has 1 fully saturated rings. The number of aryl methyl sites for hydroxylation is 1. The van der Waals surface area contributed by atoms with E-state index in [9.17, 15) is 63.9 Å². The van der Waals surface area contributed by atoms with E-state index >= 15 is 0 Å². The van der Waals surface area contributed by atoms with Gasteiger partial charge in [-0.2, -0.15) is 0 Å². The normalized spacial score (nSPS) is 18.6. The van der Waals surface area contributed by atoms with E-state index in [0.29, 0.717) is 44.2 Å². The maximum Gasteiger partial charge on any atom is 0.326 e. The van der Waals surface area contributed by atoms with Gasteiger partial charge >= 0.3 is 35.8 Å². The molecule has 380 valence electrons. The Morgan fingerprint density at radius 2 is 1.43 bits per heavy atom. The molecule has 1 unspecified atom stereocenters. The van der Waals surface area contributed by atoms with Gasteiger partial charge in [0, 0.05) is 41.0 Å². The number of carboxylic acids is 4. The van der Waals surface area contributed by atoms with E-state index in [0.717, 1.165) is 5.56 Å². The summed E-state index contributed by atoms with van der Waals surface area (Å²) in [5, 5.41) is 80.1. The first-order chi connectivity index (χ1) is 32.0. The van der Waals surface area contributed by atoms with Gasteiger partial charge in [-0.25, -0.2) is 4.79 Å². The molecule has 8 atom stereocenters. The fourth-order valence-corrected chi connectivity index (χ4v) is 7.02. The van der Waals surface area contributed by atoms with Crippen molar-refractivity contribution in [3.8, 4) is 0 Å². The number of halogens is 2. The van der Waals surface area contributed by atoms with Gasteiger partial charge < -0.3 is 80.9 Å². The summed E-state index contributed by atoms with van der Waals surface area (Å²) in [5.41, 5.74) is 11.2. The number of amides is 1. The lowest BCUT2D eigenvalue weighted by atomic mass is 9.98. The molecule has 0 bridgehead atoms. The Morgan fingerprint density at radius 3 is 2.00 bits per heavy atom. The number of esters is 2. The number of fused-ring (bicyclic) bond motifs is 2. The number of hydrogen-bond acceptors (Lipinski definition) is 17. The molecule has 1 aliphatic heterocycles. The van der Waals surface area contributed by atoms with E-state index in [2.05, 4.69) is 20.2 Å². The smallest absolute Gasteiger partial charge is 0.326 e. The van der Waals surface area contributed by atoms with Crippen molar-refractivity contribution in [3.63, 3.8) is 0 Å². The van der Waals surface area contributed by atoms with Gasteiger partial charge in [0.15, 0.2) is 6.23 Å². The highest BCUT2D eigenvalue weighted by atomic mass is 35.5. The highest BCUT2D eigenvalue weighted by molar-refractivity contribution is 6.31. The Hall–Kier alpha value is -6.38. The fraction of sp³-hybridized carbons (Fsp3) is 0.442. The van der Waals surface area contributed by atoms with Crippen LogP contribution in [0.1, 0.15) is 55.0 Å². The quantitative estimate of drug-likeness (QED) is 0.0418. The van der Waals surface area contributed by atoms with Crippen LogP contribution >= 0.6 is 24.0 Å². The molecular weight excluding hydrogens is 961 g/mol. The van der Waals surface area contributed by atoms with Gasteiger partial charge in [0.1, 0.15) is 42.8 Å². The molecule has 2 aromatic heterocycles. The number of carbonyl (C=O) groups is 8. The summed E-state index contributed by atoms with van der Waals surface area (Å²) in [6.45, 7) is 1.24. The molecule has 1 amide bonds. The first kappa shape index (κ1) is 58.7. The third kappa shape index (κ3) is 17.0. The van der Waals surface area contributed by atoms with E-state index in [1.165, 1.54) is 29.7 Å². The van der Waals surface area contributed by atoms with Crippen LogP contribution < -0.4 is 16.5 Å². The molecule has 24 nitrogen and oxygen atoms in total. The Labute approximate surface area is 403 Å². The second-order valence-electron chi connectivity index (χ2n) is 15.3. The van der Waals surface area contributed by atoms with Crippen LogP contribution in [0, 0.1) is 6.92 Å². The number of nitrogens with one attached hydrogen (secondary N) is 2. The number of aromatic nitrogens is 2. The van der Waals surface area contributed by atoms with E-state index < -0.39 is 104 Å². The minimum absolute atomic E-state index is 0. The van der Waals surface area contributed by atoms with Crippen LogP contribution in [0.2, 0.25) is 5.02 Å². The van der Waals surface area contributed by atoms with Crippen molar-refractivity contribution < 1.29 is 93.4 Å². The first-order valence-corrected chi connectivity index (χ1v) is 20.9. The summed E-state index contributed by atoms with van der Waals surface area (Å²) in [6.07, 6.45) is -4.54. The molecule has 5 rings (SSSR count). The van der Waals surface area contributed by atoms with Crippen molar-refractivity contribution in [1.82, 2.24) is 14.6 Å². The summed E-state index contributed by atoms with van der Waals surface area (Å²) in [6, 6.07) is 7.32. The minimum Gasteiger partial charge on any atom is -0.481 e. The second-order valence-corrected chi connectivity index (χ2v) is 15.8. The highest BCUT2D eigenvalue weighted by Crippen LogP contribution is 2.34. The Kier molecular flexibility index (Phi) is 23.5. The van der Waals surface area contributed by atoms with Gasteiger partial charge in [0.2, 0.25) is 5.91 Å². The largest absolute Gasteiger partial charge is 0.481 e. The SMILES string of the molecule is COC(=O)CC(N)C(=O)OC.Cc1ccc2c(c1)c(CC(=O)N[C@H](CCC(=O)O)C(=O)O)cn2[C@@H]1O[C@H](CO)[C@@H](O)[C@H](O)[C@H]1O.Cl.O=C[C@H](CCC(=O)O)Nn1cc(CC(=O)O)c2cc(Cl)ccc21. The molecule has 0 radical (unpaired) electrons. The average Bonchev–Trinajstić information content (AvgIpc) is 3.80. The van der Waals surface area contributed by atoms with Crippen molar-refractivity contribution in [1.29, 1.82) is 0 Å². The van der Waals surface area contributed by atoms with Gasteiger partial charge in [0.25, 0.3) is 0 Å². The van der Waals surface area contributed by atoms with E-state index in [-0.39, 0.29) is 50.9 Å². The van der Waals surface area contributed by atoms with Gasteiger partial charge in [-0.05, 0) is 61.2 Å². The summed E-state index contributed by atoms with van der Waals surface area (Å²) >= 11 is 5.96. The van der Waals surface area contributed by atoms with Crippen LogP contribution in [-0.4, -0.2) is 161 Å². The number of ether oxygens (including phenoxy) is 3. The van der Waals surface area contributed by atoms with Crippen LogP contribution in [0.3, 0.4) is 0 Å². The van der Waals surface area contributed by atoms with Crippen molar-refractivity contribution in [3.05, 3.63) is 70.5 Å². The number of benzene rings is 2. The molecule has 12 N–H and O–H groups in total. The molecule has 3 heterocycles. The Balaban J connectivity index is 0.000000402. The van der Waals surface area contributed by atoms with Crippen LogP contribution in [0.5, 0.6) is 0 Å². The van der Waals surface area contributed by atoms with Crippen molar-refractivity contribution in [2.75, 3.05) is 26.3 Å². The monoisotopic (exact) mass is 1020 g/mol. The maximum absolute atomic E-state index is 12.6. The van der Waals surface area contributed by atoms with Gasteiger partial charge in [-0.3, -0.25) is 33.4 Å². The summed E-state index contributed by atoms with van der Waals surface area (Å²) in [4.78, 5) is 88.6. The molecule has 0 spiro atoms. The van der Waals surface area contributed by atoms with Crippen molar-refractivity contribution in [2.24, 2.45) is 5.73 Å². The van der Waals surface area contributed by atoms with Crippen LogP contribution in [0.25, 0.3) is 21.8 Å². The number of carbonyl (C=O) groups excluding carboxylic acids is 4. The summed E-state index contributed by atoms with van der Waals surface area (Å²) < 4.78 is 17.2. The molecule has 26 heteroatoms. The number of aliphatic hydroxyl groups excluding tert-OH is 4. The molecule has 0 aliphatic carbocycles. The zero-order valence-electron chi connectivity index (χ0n) is 37.3. The number of aldehydes is 1. The number of methoxy groups -OCH3 is 2. The zero-order chi connectivity index (χ0) is 51.0. The van der Waals surface area contributed by atoms with E-state index in [4.69, 9.17) is 37.4 Å². The van der Waals surface area contributed by atoms with Crippen LogP contribution in [-0.2, 0) is 65.4 Å². The first-order valence-electron chi connectivity index (χ1n) is 20.5. The molecule has 0 saturated carbocycles. The predicted molar refractivity (Wildman–Crippen MR) is 244 cm³/mol. The van der Waals surface area contributed by atoms with Crippen molar-refractivity contribution in [2.45, 2.75) is 101 Å². The topological polar surface area (TPSA) is 386 Å². The van der Waals surface area contributed by atoms with Gasteiger partial charge in [0.05, 0.1) is 57.2 Å². The maximum atomic E-state index is 12.6. The lowest BCUT2D eigenvalue weighted by molar-refractivity contribution is -0.250. The third-order valence-corrected chi connectivity index (χ3v) is 10.5. The van der Waals surface area contributed by atoms with E-state index in [1.54, 1.807) is 42.6 Å². The van der Waals surface area contributed by atoms with Crippen LogP contribution in [0.15, 0.2) is 48.8 Å². The molecular formula is C43H55Cl2N5O19. The highest BCUT2D eigenvalue weighted by Gasteiger charge is 2.44. The molecule has 2 aromatic carbocycles. The number of aliphatic carboxylic acids is 4. The standard InChI is InChI=1S/C22H28N2O10.C15H15ClN2O5.C6H11NO4.ClH/c1-10-2-4-14-12(6-10)11(7-16(26)23-13(22(32)33)3-5-17(27)28)8-24(14)21-20(31)19(30)18(29)15(9-25)34-21;16-10-1-3-13-12(6-10)9(5-15(22)23)7-18(13)17-11(8-19)2-4-14(20)21;1-10-5(8)3-4(7)6(9)11-2;/h2,4,6,8,13,15,18-21,25,29-31H,3,5,7,9H2,1H3,(H,23,26)(H,27,28)(H,32,33);1,3,6-8,11,17H,2,4-5H2,(H,20,21)(H,22,23);4H,3,7H2,1-2H3;1H/t13-,15-,18-,19+,20-,21-;11-;;/m10../s1. The van der Waals surface area contributed by atoms with E-state index in [1.807, 2.05) is 6.92 Å². The average molecular weight is 1020 g/mol. The van der Waals surface area contributed by atoms with Crippen molar-refractivity contribution >= 4 is 93.8 Å². The fourth-order valence-electron chi connectivity index (χ4n) is 6.85. The van der Waals surface area contributed by atoms with Crippen LogP contribution in [0.4, 0.5) is 0 Å². The second kappa shape index (κ2) is 27.6. The lowest BCUT2D eigenvalue weighted by Gasteiger charge is -2.40. The summed E-state index contributed by atoms with van der Waals surface area (Å²) in [5.74, 6) is -6.30. The summed E-state index contributed by atoms with van der Waals surface area (Å²) in [7, 11) is 2.44. The minimum atomic E-state index is -1.59. The van der Waals surface area contributed by atoms with Gasteiger partial charge in [-0.1, -0.05) is 23.2 Å². The number of rotatable bonds is 20. The Bertz CT molecular complexity index is 2440. The predicted octanol–water partition coefficient (Wildman–Crippen LogP) is 0.268. The number of nitrogens with two attached hydrogens (primary N) is 1. The van der Waals surface area contributed by atoms with Gasteiger partial charge in [-0.15, -0.1) is 12.4 Å². The molecule has 69 heavy (non-hydrogen) atoms. The molecule has 4 aromatic rings. The number of carboxylic acid groups (broad SMARTS) is 4. The molecule has 1 aliphatic rings. The number of nitrogens with zero attached hydrogens (tertiary/aromatic N) is 2. The Morgan fingerprint density at radius 1 is 0.826 bits per heavy atom. The number of aliphatic hydroxyl groups is 4.